The molecule has 25 heavy (non-hydrogen) atoms. The molecule has 4 rings (SSSR count). The number of ether oxygens (including phenoxy) is 1. The fraction of sp³-hybridized carbons (Fsp3) is 0.0500. The molecule has 0 spiro atoms. The van der Waals surface area contributed by atoms with E-state index in [1.807, 2.05) is 0 Å². The van der Waals surface area contributed by atoms with E-state index in [1.165, 1.54) is 24.3 Å². The average molecular weight is 333 g/mol. The Labute approximate surface area is 143 Å². The quantitative estimate of drug-likeness (QED) is 0.495. The van der Waals surface area contributed by atoms with Crippen LogP contribution in [-0.4, -0.2) is 16.2 Å². The van der Waals surface area contributed by atoms with Gasteiger partial charge in [0.05, 0.1) is 5.56 Å². The zero-order valence-electron chi connectivity index (χ0n) is 13.1. The van der Waals surface area contributed by atoms with E-state index < -0.39 is 11.6 Å². The second kappa shape index (κ2) is 5.27. The maximum Gasteiger partial charge on any atom is 0.342 e. The highest BCUT2D eigenvalue weighted by Crippen LogP contribution is 2.48. The number of hydrogen-bond acceptors (Lipinski definition) is 5. The molecule has 5 nitrogen and oxygen atoms in total. The first-order chi connectivity index (χ1) is 12.0. The molecular weight excluding hydrogens is 318 g/mol. The SMILES string of the molecule is Nc1cccc2c1C(=O)OC2(c1ccc(O)cc1)c1ccc(O)cc1. The van der Waals surface area contributed by atoms with Gasteiger partial charge < -0.3 is 20.7 Å². The molecule has 1 aliphatic rings. The molecule has 3 aromatic carbocycles. The Hall–Kier alpha value is -3.47. The third-order valence-electron chi connectivity index (χ3n) is 4.47. The number of carbonyl (C=O) groups is 1. The monoisotopic (exact) mass is 333 g/mol. The smallest absolute Gasteiger partial charge is 0.342 e. The Morgan fingerprint density at radius 3 is 1.84 bits per heavy atom. The van der Waals surface area contributed by atoms with Crippen molar-refractivity contribution < 1.29 is 19.7 Å². The summed E-state index contributed by atoms with van der Waals surface area (Å²) in [6.45, 7) is 0. The Morgan fingerprint density at radius 2 is 1.32 bits per heavy atom. The van der Waals surface area contributed by atoms with Crippen molar-refractivity contribution in [3.05, 3.63) is 89.0 Å². The first-order valence-electron chi connectivity index (χ1n) is 7.74. The lowest BCUT2D eigenvalue weighted by Crippen LogP contribution is -2.29. The fourth-order valence-electron chi connectivity index (χ4n) is 3.32. The van der Waals surface area contributed by atoms with Gasteiger partial charge in [0, 0.05) is 22.4 Å². The van der Waals surface area contributed by atoms with E-state index in [0.717, 1.165) is 0 Å². The van der Waals surface area contributed by atoms with Gasteiger partial charge in [-0.05, 0) is 30.3 Å². The van der Waals surface area contributed by atoms with Crippen LogP contribution in [0.5, 0.6) is 11.5 Å². The fourth-order valence-corrected chi connectivity index (χ4v) is 3.32. The van der Waals surface area contributed by atoms with Crippen LogP contribution in [0.3, 0.4) is 0 Å². The lowest BCUT2D eigenvalue weighted by atomic mass is 9.79. The van der Waals surface area contributed by atoms with Crippen LogP contribution in [0.1, 0.15) is 27.0 Å². The van der Waals surface area contributed by atoms with Gasteiger partial charge in [-0.3, -0.25) is 0 Å². The van der Waals surface area contributed by atoms with E-state index in [-0.39, 0.29) is 11.5 Å². The minimum atomic E-state index is -1.19. The van der Waals surface area contributed by atoms with Crippen molar-refractivity contribution >= 4 is 11.7 Å². The van der Waals surface area contributed by atoms with Crippen molar-refractivity contribution in [2.24, 2.45) is 0 Å². The molecule has 0 aliphatic carbocycles. The summed E-state index contributed by atoms with van der Waals surface area (Å²) in [6.07, 6.45) is 0. The van der Waals surface area contributed by atoms with E-state index in [4.69, 9.17) is 10.5 Å². The number of hydrogen-bond donors (Lipinski definition) is 3. The summed E-state index contributed by atoms with van der Waals surface area (Å²) in [5.41, 5.74) is 7.48. The van der Waals surface area contributed by atoms with Crippen LogP contribution in [0.15, 0.2) is 66.7 Å². The van der Waals surface area contributed by atoms with Crippen LogP contribution in [0.4, 0.5) is 5.69 Å². The molecule has 3 aromatic rings. The number of cyclic esters (lactones) is 1. The van der Waals surface area contributed by atoms with Crippen LogP contribution in [0, 0.1) is 0 Å². The van der Waals surface area contributed by atoms with Crippen LogP contribution < -0.4 is 5.73 Å². The molecule has 1 heterocycles. The van der Waals surface area contributed by atoms with E-state index in [1.54, 1.807) is 42.5 Å². The maximum atomic E-state index is 12.6. The number of rotatable bonds is 2. The number of phenols is 2. The number of aromatic hydroxyl groups is 2. The minimum absolute atomic E-state index is 0.113. The van der Waals surface area contributed by atoms with Crippen molar-refractivity contribution in [1.82, 2.24) is 0 Å². The van der Waals surface area contributed by atoms with Gasteiger partial charge in [-0.1, -0.05) is 36.4 Å². The van der Waals surface area contributed by atoms with Crippen molar-refractivity contribution in [1.29, 1.82) is 0 Å². The average Bonchev–Trinajstić information content (AvgIpc) is 2.91. The second-order valence-electron chi connectivity index (χ2n) is 5.93. The number of anilines is 1. The molecule has 0 saturated heterocycles. The lowest BCUT2D eigenvalue weighted by Gasteiger charge is -2.30. The van der Waals surface area contributed by atoms with Crippen molar-refractivity contribution in [2.75, 3.05) is 5.73 Å². The van der Waals surface area contributed by atoms with Gasteiger partial charge >= 0.3 is 5.97 Å². The highest BCUT2D eigenvalue weighted by Gasteiger charge is 2.49. The third kappa shape index (κ3) is 2.13. The molecule has 1 aliphatic heterocycles. The highest BCUT2D eigenvalue weighted by atomic mass is 16.6. The van der Waals surface area contributed by atoms with Gasteiger partial charge in [0.1, 0.15) is 11.5 Å². The first kappa shape index (κ1) is 15.1. The summed E-state index contributed by atoms with van der Waals surface area (Å²) >= 11 is 0. The second-order valence-corrected chi connectivity index (χ2v) is 5.93. The summed E-state index contributed by atoms with van der Waals surface area (Å²) in [5, 5.41) is 19.2. The molecule has 0 fully saturated rings. The number of nitrogen functional groups attached to an aromatic ring is 1. The van der Waals surface area contributed by atoms with E-state index in [0.29, 0.717) is 27.9 Å². The Morgan fingerprint density at radius 1 is 0.800 bits per heavy atom. The highest BCUT2D eigenvalue weighted by molar-refractivity contribution is 6.01. The third-order valence-corrected chi connectivity index (χ3v) is 4.47. The van der Waals surface area contributed by atoms with E-state index in [2.05, 4.69) is 0 Å². The summed E-state index contributed by atoms with van der Waals surface area (Å²) in [5.74, 6) is -0.280. The van der Waals surface area contributed by atoms with Gasteiger partial charge in [-0.2, -0.15) is 0 Å². The van der Waals surface area contributed by atoms with Crippen LogP contribution in [0.25, 0.3) is 0 Å². The van der Waals surface area contributed by atoms with Gasteiger partial charge in [0.2, 0.25) is 0 Å². The summed E-state index contributed by atoms with van der Waals surface area (Å²) in [7, 11) is 0. The summed E-state index contributed by atoms with van der Waals surface area (Å²) in [4.78, 5) is 12.6. The number of nitrogens with two attached hydrogens (primary N) is 1. The van der Waals surface area contributed by atoms with E-state index >= 15 is 0 Å². The standard InChI is InChI=1S/C20H15NO4/c21-17-3-1-2-16-18(17)19(24)25-20(16,12-4-8-14(22)9-5-12)13-6-10-15(23)11-7-13/h1-11,22-23H,21H2. The molecule has 124 valence electrons. The van der Waals surface area contributed by atoms with Crippen molar-refractivity contribution in [2.45, 2.75) is 5.60 Å². The minimum Gasteiger partial charge on any atom is -0.508 e. The predicted octanol–water partition coefficient (Wildman–Crippen LogP) is 3.14. The summed E-state index contributed by atoms with van der Waals surface area (Å²) < 4.78 is 5.87. The lowest BCUT2D eigenvalue weighted by molar-refractivity contribution is 0.0252. The molecule has 0 amide bonds. The van der Waals surface area contributed by atoms with Crippen LogP contribution in [0.2, 0.25) is 0 Å². The molecule has 4 N–H and O–H groups in total. The number of benzene rings is 3. The van der Waals surface area contributed by atoms with Crippen LogP contribution in [-0.2, 0) is 10.3 Å². The summed E-state index contributed by atoms with van der Waals surface area (Å²) in [6, 6.07) is 18.2. The normalized spacial score (nSPS) is 14.8. The Kier molecular flexibility index (Phi) is 3.18. The molecule has 0 unspecified atom stereocenters. The molecule has 5 heteroatoms. The Balaban J connectivity index is 2.05. The molecular formula is C20H15NO4. The number of phenolic OH excluding ortho intramolecular Hbond substituents is 2. The number of fused-ring (bicyclic) bond motifs is 1. The van der Waals surface area contributed by atoms with Crippen LogP contribution >= 0.6 is 0 Å². The van der Waals surface area contributed by atoms with Crippen molar-refractivity contribution in [3.8, 4) is 11.5 Å². The maximum absolute atomic E-state index is 12.6. The van der Waals surface area contributed by atoms with Gasteiger partial charge in [0.25, 0.3) is 0 Å². The number of carbonyl (C=O) groups excluding carboxylic acids is 1. The zero-order valence-corrected chi connectivity index (χ0v) is 13.1. The van der Waals surface area contributed by atoms with E-state index in [9.17, 15) is 15.0 Å². The largest absolute Gasteiger partial charge is 0.508 e. The molecule has 0 saturated carbocycles. The number of esters is 1. The zero-order chi connectivity index (χ0) is 17.6. The Bertz CT molecular complexity index is 916. The molecule has 0 aromatic heterocycles. The van der Waals surface area contributed by atoms with Gasteiger partial charge in [-0.15, -0.1) is 0 Å². The van der Waals surface area contributed by atoms with Gasteiger partial charge in [-0.25, -0.2) is 4.79 Å². The first-order valence-corrected chi connectivity index (χ1v) is 7.74. The molecule has 0 atom stereocenters. The van der Waals surface area contributed by atoms with Gasteiger partial charge in [0.15, 0.2) is 5.60 Å². The topological polar surface area (TPSA) is 92.8 Å². The molecule has 0 bridgehead atoms. The molecule has 0 radical (unpaired) electrons. The predicted molar refractivity (Wildman–Crippen MR) is 92.4 cm³/mol. The van der Waals surface area contributed by atoms with Crippen molar-refractivity contribution in [3.63, 3.8) is 0 Å².